The first kappa shape index (κ1) is 15.1. The Morgan fingerprint density at radius 1 is 1.17 bits per heavy atom. The topological polar surface area (TPSA) is 9.23 Å². The van der Waals surface area contributed by atoms with Crippen LogP contribution in [0.15, 0.2) is 18.2 Å². The molecule has 0 saturated carbocycles. The van der Waals surface area contributed by atoms with Gasteiger partial charge in [0.1, 0.15) is 5.75 Å². The van der Waals surface area contributed by atoms with Gasteiger partial charge in [-0.2, -0.15) is 0 Å². The van der Waals surface area contributed by atoms with Crippen LogP contribution >= 0.6 is 0 Å². The second kappa shape index (κ2) is 7.45. The van der Waals surface area contributed by atoms with Crippen molar-refractivity contribution in [2.24, 2.45) is 5.92 Å². The van der Waals surface area contributed by atoms with Crippen LogP contribution < -0.4 is 4.74 Å². The molecule has 0 aromatic heterocycles. The van der Waals surface area contributed by atoms with Gasteiger partial charge < -0.3 is 4.74 Å². The average molecular weight is 247 g/mol. The van der Waals surface area contributed by atoms with Gasteiger partial charge in [0.25, 0.3) is 0 Å². The summed E-state index contributed by atoms with van der Waals surface area (Å²) in [5, 5.41) is 0. The van der Waals surface area contributed by atoms with Crippen molar-refractivity contribution in [2.45, 2.75) is 53.9 Å². The van der Waals surface area contributed by atoms with E-state index in [-0.39, 0.29) is 0 Å². The van der Waals surface area contributed by atoms with Crippen molar-refractivity contribution < 1.29 is 4.74 Å². The van der Waals surface area contributed by atoms with Crippen LogP contribution in [0, 0.1) is 11.8 Å². The summed E-state index contributed by atoms with van der Waals surface area (Å²) in [5.74, 6) is 2.94. The van der Waals surface area contributed by atoms with Crippen LogP contribution in [-0.2, 0) is 6.42 Å². The van der Waals surface area contributed by atoms with E-state index in [0.29, 0.717) is 5.92 Å². The van der Waals surface area contributed by atoms with Crippen molar-refractivity contribution in [3.8, 4) is 5.75 Å². The Labute approximate surface area is 113 Å². The number of ether oxygens (including phenoxy) is 1. The van der Waals surface area contributed by atoms with Gasteiger partial charge in [-0.1, -0.05) is 47.1 Å². The van der Waals surface area contributed by atoms with Gasteiger partial charge in [-0.25, -0.2) is 0 Å². The monoisotopic (exact) mass is 247 g/mol. The summed E-state index contributed by atoms with van der Waals surface area (Å²) in [7, 11) is 0. The molecule has 1 nitrogen and oxygen atoms in total. The molecule has 0 heterocycles. The lowest BCUT2D eigenvalue weighted by atomic mass is 9.98. The molecular weight excluding hydrogens is 220 g/mol. The summed E-state index contributed by atoms with van der Waals surface area (Å²) in [5.41, 5.74) is 2.71. The highest BCUT2D eigenvalue weighted by Gasteiger charge is 2.06. The molecular formula is C17H27O. The van der Waals surface area contributed by atoms with Crippen LogP contribution in [0.3, 0.4) is 0 Å². The smallest absolute Gasteiger partial charge is 0.119 e. The fourth-order valence-electron chi connectivity index (χ4n) is 1.82. The Hall–Kier alpha value is -0.980. The lowest BCUT2D eigenvalue weighted by molar-refractivity contribution is 0.270. The van der Waals surface area contributed by atoms with E-state index in [0.717, 1.165) is 18.8 Å². The zero-order chi connectivity index (χ0) is 13.5. The highest BCUT2D eigenvalue weighted by Crippen LogP contribution is 2.24. The van der Waals surface area contributed by atoms with Crippen LogP contribution in [-0.4, -0.2) is 6.61 Å². The molecule has 1 heteroatoms. The zero-order valence-electron chi connectivity index (χ0n) is 12.5. The summed E-state index contributed by atoms with van der Waals surface area (Å²) in [6, 6.07) is 6.66. The number of benzene rings is 1. The molecule has 0 amide bonds. The summed E-state index contributed by atoms with van der Waals surface area (Å²) in [6.07, 6.45) is 3.63. The van der Waals surface area contributed by atoms with Crippen molar-refractivity contribution >= 4 is 0 Å². The molecule has 0 aliphatic carbocycles. The molecule has 1 aromatic rings. The van der Waals surface area contributed by atoms with Gasteiger partial charge in [0.15, 0.2) is 0 Å². The van der Waals surface area contributed by atoms with E-state index < -0.39 is 0 Å². The first-order valence-corrected chi connectivity index (χ1v) is 7.10. The third kappa shape index (κ3) is 5.12. The van der Waals surface area contributed by atoms with Gasteiger partial charge in [-0.05, 0) is 47.9 Å². The molecule has 0 aliphatic heterocycles. The van der Waals surface area contributed by atoms with Gasteiger partial charge in [0, 0.05) is 0 Å². The van der Waals surface area contributed by atoms with Gasteiger partial charge in [-0.3, -0.25) is 0 Å². The molecule has 1 rings (SSSR count). The maximum absolute atomic E-state index is 5.87. The summed E-state index contributed by atoms with van der Waals surface area (Å²) < 4.78 is 5.87. The van der Waals surface area contributed by atoms with Crippen molar-refractivity contribution in [1.82, 2.24) is 0 Å². The van der Waals surface area contributed by atoms with Crippen molar-refractivity contribution in [2.75, 3.05) is 6.61 Å². The predicted molar refractivity (Wildman–Crippen MR) is 79.1 cm³/mol. The number of unbranched alkanes of at least 4 members (excludes halogenated alkanes) is 1. The molecule has 101 valence electrons. The quantitative estimate of drug-likeness (QED) is 0.657. The molecule has 0 aliphatic rings. The molecule has 18 heavy (non-hydrogen) atoms. The minimum Gasteiger partial charge on any atom is -0.493 e. The van der Waals surface area contributed by atoms with Crippen molar-refractivity contribution in [3.63, 3.8) is 0 Å². The second-order valence-electron chi connectivity index (χ2n) is 5.67. The Morgan fingerprint density at radius 3 is 2.44 bits per heavy atom. The lowest BCUT2D eigenvalue weighted by Gasteiger charge is -2.14. The normalized spacial score (nSPS) is 11.3. The highest BCUT2D eigenvalue weighted by molar-refractivity contribution is 5.40. The minimum absolute atomic E-state index is 0.569. The molecule has 0 spiro atoms. The van der Waals surface area contributed by atoms with Crippen LogP contribution in [0.1, 0.15) is 58.6 Å². The highest BCUT2D eigenvalue weighted by atomic mass is 16.5. The Balaban J connectivity index is 2.83. The van der Waals surface area contributed by atoms with E-state index in [2.05, 4.69) is 52.8 Å². The molecule has 0 atom stereocenters. The fourth-order valence-corrected chi connectivity index (χ4v) is 1.82. The number of rotatable bonds is 7. The molecule has 0 fully saturated rings. The minimum atomic E-state index is 0.569. The zero-order valence-corrected chi connectivity index (χ0v) is 12.5. The molecule has 0 N–H and O–H groups in total. The van der Waals surface area contributed by atoms with Crippen molar-refractivity contribution in [3.05, 3.63) is 35.2 Å². The molecule has 0 unspecified atom stereocenters. The van der Waals surface area contributed by atoms with Crippen molar-refractivity contribution in [1.29, 1.82) is 0 Å². The number of hydrogen-bond acceptors (Lipinski definition) is 1. The van der Waals surface area contributed by atoms with Crippen LogP contribution in [0.5, 0.6) is 5.75 Å². The maximum Gasteiger partial charge on any atom is 0.119 e. The Bertz CT molecular complexity index is 353. The standard InChI is InChI=1S/C17H27O/c1-6-7-8-15-9-16(14(4)5)11-17(10-15)18-12-13(2)3/h9-11,13H,6-8,12H2,1-5H3. The fraction of sp³-hybridized carbons (Fsp3) is 0.588. The van der Waals surface area contributed by atoms with E-state index in [1.165, 1.54) is 29.9 Å². The number of hydrogen-bond donors (Lipinski definition) is 0. The van der Waals surface area contributed by atoms with Gasteiger partial charge in [-0.15, -0.1) is 0 Å². The van der Waals surface area contributed by atoms with E-state index in [1.807, 2.05) is 0 Å². The third-order valence-corrected chi connectivity index (χ3v) is 2.95. The largest absolute Gasteiger partial charge is 0.493 e. The third-order valence-electron chi connectivity index (χ3n) is 2.95. The summed E-state index contributed by atoms with van der Waals surface area (Å²) in [6.45, 7) is 11.7. The second-order valence-corrected chi connectivity index (χ2v) is 5.67. The first-order chi connectivity index (χ1) is 8.52. The van der Waals surface area contributed by atoms with Gasteiger partial charge in [0.05, 0.1) is 6.61 Å². The average Bonchev–Trinajstić information content (AvgIpc) is 2.33. The SMILES string of the molecule is CCCCc1cc(OCC(C)C)cc([C](C)C)c1. The number of aryl methyl sites for hydroxylation is 1. The predicted octanol–water partition coefficient (Wildman–Crippen LogP) is 5.03. The van der Waals surface area contributed by atoms with E-state index in [1.54, 1.807) is 0 Å². The van der Waals surface area contributed by atoms with Gasteiger partial charge >= 0.3 is 0 Å². The van der Waals surface area contributed by atoms with E-state index in [9.17, 15) is 0 Å². The van der Waals surface area contributed by atoms with Crippen LogP contribution in [0.4, 0.5) is 0 Å². The molecule has 0 saturated heterocycles. The first-order valence-electron chi connectivity index (χ1n) is 7.10. The molecule has 1 radical (unpaired) electrons. The van der Waals surface area contributed by atoms with Crippen LogP contribution in [0.25, 0.3) is 0 Å². The van der Waals surface area contributed by atoms with E-state index >= 15 is 0 Å². The summed E-state index contributed by atoms with van der Waals surface area (Å²) in [4.78, 5) is 0. The lowest BCUT2D eigenvalue weighted by Crippen LogP contribution is -2.05. The summed E-state index contributed by atoms with van der Waals surface area (Å²) >= 11 is 0. The maximum atomic E-state index is 5.87. The van der Waals surface area contributed by atoms with E-state index in [4.69, 9.17) is 4.74 Å². The molecule has 1 aromatic carbocycles. The van der Waals surface area contributed by atoms with Gasteiger partial charge in [0.2, 0.25) is 0 Å². The van der Waals surface area contributed by atoms with Crippen LogP contribution in [0.2, 0.25) is 0 Å². The Morgan fingerprint density at radius 2 is 1.89 bits per heavy atom. The Kier molecular flexibility index (Phi) is 6.24. The molecule has 0 bridgehead atoms.